The van der Waals surface area contributed by atoms with Gasteiger partial charge in [0.1, 0.15) is 0 Å². The quantitative estimate of drug-likeness (QED) is 0.278. The van der Waals surface area contributed by atoms with Gasteiger partial charge < -0.3 is 49.1 Å². The first-order chi connectivity index (χ1) is 11.0. The summed E-state index contributed by atoms with van der Waals surface area (Å²) < 4.78 is 52.7. The summed E-state index contributed by atoms with van der Waals surface area (Å²) in [5, 5.41) is 0. The van der Waals surface area contributed by atoms with Crippen molar-refractivity contribution in [1.82, 2.24) is 0 Å². The van der Waals surface area contributed by atoms with Crippen molar-refractivity contribution in [3.05, 3.63) is 0 Å². The highest BCUT2D eigenvalue weighted by molar-refractivity contribution is 7.32. The summed E-state index contributed by atoms with van der Waals surface area (Å²) in [6.45, 7) is 1.19. The van der Waals surface area contributed by atoms with Gasteiger partial charge in [-0.15, -0.1) is 0 Å². The molecule has 0 amide bonds. The summed E-state index contributed by atoms with van der Waals surface area (Å²) in [7, 11) is -5.77. The van der Waals surface area contributed by atoms with E-state index in [1.165, 1.54) is 28.4 Å². The molecule has 0 radical (unpaired) electrons. The molecule has 0 saturated heterocycles. The first-order valence-electron chi connectivity index (χ1n) is 5.48. The lowest BCUT2D eigenvalue weighted by Crippen LogP contribution is -2.11. The van der Waals surface area contributed by atoms with Crippen LogP contribution in [0.3, 0.4) is 0 Å². The predicted octanol–water partition coefficient (Wildman–Crippen LogP) is -1.04. The maximum atomic E-state index is 9.33. The molecule has 0 rings (SSSR count). The molecule has 18 heteroatoms. The van der Waals surface area contributed by atoms with Gasteiger partial charge in [0.15, 0.2) is 0 Å². The third-order valence-electron chi connectivity index (χ3n) is 0.865. The van der Waals surface area contributed by atoms with E-state index in [4.69, 9.17) is 31.0 Å². The molecule has 24 heavy (non-hydrogen) atoms. The Balaban J connectivity index is -0.0000000628. The van der Waals surface area contributed by atoms with Gasteiger partial charge in [0.25, 0.3) is 0 Å². The van der Waals surface area contributed by atoms with E-state index < -0.39 is 33.0 Å². The Morgan fingerprint density at radius 2 is 0.667 bits per heavy atom. The highest BCUT2D eigenvalue weighted by Crippen LogP contribution is 2.10. The van der Waals surface area contributed by atoms with Gasteiger partial charge in [0, 0.05) is 41.5 Å². The smallest absolute Gasteiger partial charge is 0.316 e. The molecule has 0 aliphatic carbocycles. The van der Waals surface area contributed by atoms with Crippen LogP contribution in [-0.4, -0.2) is 61.1 Å². The van der Waals surface area contributed by atoms with E-state index in [1.54, 1.807) is 0 Å². The first kappa shape index (κ1) is 35.6. The summed E-state index contributed by atoms with van der Waals surface area (Å²) >= 11 is 0. The van der Waals surface area contributed by atoms with Gasteiger partial charge >= 0.3 is 33.0 Å². The molecule has 4 atom stereocenters. The van der Waals surface area contributed by atoms with Crippen molar-refractivity contribution in [1.29, 1.82) is 0 Å². The lowest BCUT2D eigenvalue weighted by molar-refractivity contribution is 0.342. The fraction of sp³-hybridized carbons (Fsp3) is 1.00. The number of rotatable bonds is 5. The second kappa shape index (κ2) is 34.8. The molecule has 0 aromatic carbocycles. The second-order valence-corrected chi connectivity index (χ2v) is 6.22. The van der Waals surface area contributed by atoms with E-state index in [1.807, 2.05) is 0 Å². The SMILES string of the molecule is CO[PH](=O)O.CO[PH](=O)O.CO[PH](=O)O.CO[PH](=O)O.NCCN. The second-order valence-electron chi connectivity index (χ2n) is 2.46. The van der Waals surface area contributed by atoms with Crippen LogP contribution < -0.4 is 11.5 Å². The summed E-state index contributed by atoms with van der Waals surface area (Å²) in [6.07, 6.45) is 0. The Bertz CT molecular complexity index is 262. The van der Waals surface area contributed by atoms with Crippen molar-refractivity contribution in [2.24, 2.45) is 11.5 Å². The normalized spacial score (nSPS) is 13.6. The van der Waals surface area contributed by atoms with Crippen LogP contribution in [0.1, 0.15) is 0 Å². The number of hydrogen-bond donors (Lipinski definition) is 6. The topological polar surface area (TPSA) is 238 Å². The molecular formula is C6H28N2O12P4. The Hall–Kier alpha value is 0.520. The predicted molar refractivity (Wildman–Crippen MR) is 91.0 cm³/mol. The van der Waals surface area contributed by atoms with Crippen LogP contribution in [0.15, 0.2) is 0 Å². The monoisotopic (exact) mass is 444 g/mol. The molecule has 4 unspecified atom stereocenters. The van der Waals surface area contributed by atoms with Crippen molar-refractivity contribution < 1.29 is 55.9 Å². The zero-order chi connectivity index (χ0) is 20.6. The molecule has 0 aromatic rings. The molecule has 0 aliphatic rings. The third kappa shape index (κ3) is 115. The number of nitrogens with two attached hydrogens (primary N) is 2. The van der Waals surface area contributed by atoms with Gasteiger partial charge in [-0.05, 0) is 0 Å². The zero-order valence-corrected chi connectivity index (χ0v) is 17.6. The maximum Gasteiger partial charge on any atom is 0.316 e. The number of hydrogen-bond acceptors (Lipinski definition) is 10. The molecule has 154 valence electrons. The Labute approximate surface area is 142 Å². The summed E-state index contributed by atoms with van der Waals surface area (Å²) in [5.41, 5.74) is 9.81. The molecular weight excluding hydrogens is 416 g/mol. The van der Waals surface area contributed by atoms with E-state index in [9.17, 15) is 18.3 Å². The van der Waals surface area contributed by atoms with Gasteiger partial charge in [-0.2, -0.15) is 0 Å². The summed E-state index contributed by atoms with van der Waals surface area (Å²) in [4.78, 5) is 30.7. The van der Waals surface area contributed by atoms with Gasteiger partial charge in [0.05, 0.1) is 0 Å². The lowest BCUT2D eigenvalue weighted by atomic mass is 10.7. The van der Waals surface area contributed by atoms with Crippen molar-refractivity contribution >= 4 is 33.0 Å². The van der Waals surface area contributed by atoms with E-state index in [0.29, 0.717) is 13.1 Å². The standard InChI is InChI=1S/C2H8N2.4CH5O3P/c3-1-2-4;4*1-4-5(2)3/h1-4H2;4*5H,1H3,(H,2,3). The average molecular weight is 444 g/mol. The van der Waals surface area contributed by atoms with Crippen molar-refractivity contribution in [3.8, 4) is 0 Å². The third-order valence-corrected chi connectivity index (χ3v) is 2.26. The zero-order valence-electron chi connectivity index (χ0n) is 13.6. The highest BCUT2D eigenvalue weighted by Gasteiger charge is 1.75. The van der Waals surface area contributed by atoms with Gasteiger partial charge in [-0.3, -0.25) is 18.3 Å². The fourth-order valence-electron chi connectivity index (χ4n) is 0. The van der Waals surface area contributed by atoms with Gasteiger partial charge in [0.2, 0.25) is 0 Å². The van der Waals surface area contributed by atoms with Crippen LogP contribution in [0, 0.1) is 0 Å². The molecule has 0 fully saturated rings. The Kier molecular flexibility index (Phi) is 51.6. The van der Waals surface area contributed by atoms with E-state index in [-0.39, 0.29) is 0 Å². The van der Waals surface area contributed by atoms with Crippen molar-refractivity contribution in [3.63, 3.8) is 0 Å². The minimum absolute atomic E-state index is 0.597. The molecule has 0 heterocycles. The van der Waals surface area contributed by atoms with Crippen molar-refractivity contribution in [2.75, 3.05) is 41.5 Å². The molecule has 0 aromatic heterocycles. The largest absolute Gasteiger partial charge is 0.329 e. The first-order valence-corrected chi connectivity index (χ1v) is 10.5. The van der Waals surface area contributed by atoms with Crippen LogP contribution >= 0.6 is 33.0 Å². The Morgan fingerprint density at radius 1 is 0.583 bits per heavy atom. The van der Waals surface area contributed by atoms with Crippen LogP contribution in [0.2, 0.25) is 0 Å². The molecule has 0 bridgehead atoms. The molecule has 14 nitrogen and oxygen atoms in total. The maximum absolute atomic E-state index is 9.33. The van der Waals surface area contributed by atoms with E-state index in [0.717, 1.165) is 0 Å². The van der Waals surface area contributed by atoms with Crippen LogP contribution in [0.4, 0.5) is 0 Å². The van der Waals surface area contributed by atoms with Crippen LogP contribution in [0.5, 0.6) is 0 Å². The summed E-state index contributed by atoms with van der Waals surface area (Å²) in [5.74, 6) is 0. The minimum atomic E-state index is -2.62. The fourth-order valence-corrected chi connectivity index (χ4v) is 0. The highest BCUT2D eigenvalue weighted by atomic mass is 31.1. The van der Waals surface area contributed by atoms with Gasteiger partial charge in [-0.25, -0.2) is 0 Å². The minimum Gasteiger partial charge on any atom is -0.329 e. The summed E-state index contributed by atoms with van der Waals surface area (Å²) in [6, 6.07) is 0. The molecule has 0 aliphatic heterocycles. The average Bonchev–Trinajstić information content (AvgIpc) is 2.56. The molecule has 0 spiro atoms. The molecule has 8 N–H and O–H groups in total. The van der Waals surface area contributed by atoms with Crippen LogP contribution in [-0.2, 0) is 36.4 Å². The van der Waals surface area contributed by atoms with Gasteiger partial charge in [-0.1, -0.05) is 0 Å². The van der Waals surface area contributed by atoms with E-state index >= 15 is 0 Å². The van der Waals surface area contributed by atoms with Crippen LogP contribution in [0.25, 0.3) is 0 Å². The lowest BCUT2D eigenvalue weighted by Gasteiger charge is -1.78. The van der Waals surface area contributed by atoms with Crippen molar-refractivity contribution in [2.45, 2.75) is 0 Å². The Morgan fingerprint density at radius 3 is 0.667 bits per heavy atom. The van der Waals surface area contributed by atoms with E-state index in [2.05, 4.69) is 18.1 Å². The molecule has 0 saturated carbocycles.